The van der Waals surface area contributed by atoms with E-state index in [0.717, 1.165) is 6.21 Å². The highest BCUT2D eigenvalue weighted by atomic mass is 14.7. The zero-order chi connectivity index (χ0) is 6.69. The Morgan fingerprint density at radius 1 is 1.75 bits per heavy atom. The molecule has 1 aromatic heterocycles. The summed E-state index contributed by atoms with van der Waals surface area (Å²) in [5.74, 6) is 0. The second-order valence-electron chi connectivity index (χ2n) is 1.34. The van der Waals surface area contributed by atoms with E-state index in [9.17, 15) is 0 Å². The number of nitrogens with one attached hydrogen (secondary N) is 1. The summed E-state index contributed by atoms with van der Waals surface area (Å²) in [6, 6.07) is 4.97. The van der Waals surface area contributed by atoms with Crippen LogP contribution in [0.4, 0.5) is 0 Å². The van der Waals surface area contributed by atoms with E-state index < -0.39 is 0 Å². The average molecular weight is 108 g/mol. The van der Waals surface area contributed by atoms with Gasteiger partial charge in [-0.25, -0.2) is 0 Å². The van der Waals surface area contributed by atoms with E-state index in [1.54, 1.807) is 18.2 Å². The van der Waals surface area contributed by atoms with Crippen LogP contribution in [-0.2, 0) is 0 Å². The van der Waals surface area contributed by atoms with E-state index in [0.29, 0.717) is 5.69 Å². The molecule has 8 heavy (non-hydrogen) atoms. The van der Waals surface area contributed by atoms with Gasteiger partial charge in [0.15, 0.2) is 0 Å². The fraction of sp³-hybridized carbons (Fsp3) is 0. The van der Waals surface area contributed by atoms with Gasteiger partial charge in [0, 0.05) is 12.4 Å². The third-order valence-electron chi connectivity index (χ3n) is 0.779. The maximum atomic E-state index is 7.02. The minimum atomic E-state index is 0.205. The van der Waals surface area contributed by atoms with E-state index >= 15 is 0 Å². The van der Waals surface area contributed by atoms with Crippen molar-refractivity contribution >= 4 is 6.21 Å². The molecule has 0 unspecified atom stereocenters. The predicted molar refractivity (Wildman–Crippen MR) is 32.1 cm³/mol. The molecule has 40 valence electrons. The van der Waals surface area contributed by atoms with Crippen molar-refractivity contribution in [3.05, 3.63) is 30.1 Å². The number of aromatic nitrogens is 1. The Hall–Kier alpha value is -1.18. The fourth-order valence-corrected chi connectivity index (χ4v) is 0.419. The summed E-state index contributed by atoms with van der Waals surface area (Å²) in [7, 11) is 0. The first-order valence-corrected chi connectivity index (χ1v) is 2.27. The second kappa shape index (κ2) is 2.21. The lowest BCUT2D eigenvalue weighted by Gasteiger charge is -1.83. The summed E-state index contributed by atoms with van der Waals surface area (Å²) in [5.41, 5.74) is 0.530. The van der Waals surface area contributed by atoms with Gasteiger partial charge in [0.05, 0.1) is 7.06 Å². The topological polar surface area (TPSA) is 36.7 Å². The van der Waals surface area contributed by atoms with Gasteiger partial charge in [0.2, 0.25) is 0 Å². The molecule has 1 heterocycles. The van der Waals surface area contributed by atoms with Crippen LogP contribution in [0.5, 0.6) is 0 Å². The van der Waals surface area contributed by atoms with Gasteiger partial charge in [-0.2, -0.15) is 0 Å². The summed E-state index contributed by atoms with van der Waals surface area (Å²) >= 11 is 0. The lowest BCUT2D eigenvalue weighted by molar-refractivity contribution is 1.29. The number of hydrogen-bond donors (Lipinski definition) is 1. The third-order valence-corrected chi connectivity index (χ3v) is 0.779. The molecule has 0 aromatic carbocycles. The van der Waals surface area contributed by atoms with Crippen LogP contribution in [-0.4, -0.2) is 11.2 Å². The van der Waals surface area contributed by atoms with Gasteiger partial charge < -0.3 is 5.41 Å². The van der Waals surface area contributed by atoms with E-state index in [1.165, 1.54) is 0 Å². The van der Waals surface area contributed by atoms with Crippen molar-refractivity contribution in [1.29, 1.82) is 5.41 Å². The van der Waals surface area contributed by atoms with E-state index in [-0.39, 0.29) is 6.17 Å². The quantitative estimate of drug-likeness (QED) is 0.537. The van der Waals surface area contributed by atoms with Gasteiger partial charge >= 0.3 is 0 Å². The Labute approximate surface area is 49.1 Å². The highest BCUT2D eigenvalue weighted by molar-refractivity contribution is 5.73. The number of rotatable bonds is 1. The highest BCUT2D eigenvalue weighted by Crippen LogP contribution is 1.85. The molecular formula is C6H6N2. The van der Waals surface area contributed by atoms with Gasteiger partial charge in [-0.05, 0) is 12.1 Å². The summed E-state index contributed by atoms with van der Waals surface area (Å²) in [5, 5.41) is 6.77. The van der Waals surface area contributed by atoms with Crippen molar-refractivity contribution in [2.24, 2.45) is 0 Å². The third kappa shape index (κ3) is 0.904. The van der Waals surface area contributed by atoms with Gasteiger partial charge in [-0.15, -0.1) is 0 Å². The Bertz CT molecular complexity index is 222. The Morgan fingerprint density at radius 3 is 3.12 bits per heavy atom. The molecule has 1 N–H and O–H groups in total. The maximum Gasteiger partial charge on any atom is 0.0840 e. The van der Waals surface area contributed by atoms with Gasteiger partial charge in [-0.3, -0.25) is 4.98 Å². The van der Waals surface area contributed by atoms with Crippen LogP contribution in [0.25, 0.3) is 0 Å². The first kappa shape index (κ1) is 3.78. The van der Waals surface area contributed by atoms with Crippen molar-refractivity contribution in [1.82, 2.24) is 4.98 Å². The molecule has 1 aromatic rings. The van der Waals surface area contributed by atoms with Crippen molar-refractivity contribution in [2.45, 2.75) is 0 Å². The van der Waals surface area contributed by atoms with Crippen LogP contribution < -0.4 is 0 Å². The van der Waals surface area contributed by atoms with Crippen molar-refractivity contribution < 1.29 is 1.37 Å². The van der Waals surface area contributed by atoms with Crippen molar-refractivity contribution in [3.8, 4) is 0 Å². The van der Waals surface area contributed by atoms with Crippen LogP contribution in [0.1, 0.15) is 7.06 Å². The van der Waals surface area contributed by atoms with Gasteiger partial charge in [-0.1, -0.05) is 6.07 Å². The van der Waals surface area contributed by atoms with Crippen LogP contribution in [0.15, 0.2) is 24.4 Å². The molecule has 0 spiro atoms. The van der Waals surface area contributed by atoms with E-state index in [1.807, 2.05) is 0 Å². The largest absolute Gasteiger partial charge is 0.307 e. The van der Waals surface area contributed by atoms with Gasteiger partial charge in [0.25, 0.3) is 0 Å². The highest BCUT2D eigenvalue weighted by Gasteiger charge is 1.78. The normalized spacial score (nSPS) is 10.2. The summed E-state index contributed by atoms with van der Waals surface area (Å²) in [4.78, 5) is 3.72. The molecule has 0 saturated carbocycles. The van der Waals surface area contributed by atoms with E-state index in [2.05, 4.69) is 4.98 Å². The Morgan fingerprint density at radius 2 is 2.62 bits per heavy atom. The smallest absolute Gasteiger partial charge is 0.0840 e. The Balaban J connectivity index is 3.07. The Kier molecular flexibility index (Phi) is 1.04. The van der Waals surface area contributed by atoms with Crippen molar-refractivity contribution in [3.63, 3.8) is 0 Å². The minimum Gasteiger partial charge on any atom is -0.307 e. The fourth-order valence-electron chi connectivity index (χ4n) is 0.419. The molecule has 0 fully saturated rings. The van der Waals surface area contributed by atoms with Crippen LogP contribution >= 0.6 is 0 Å². The lowest BCUT2D eigenvalue weighted by atomic mass is 10.4. The molecule has 2 nitrogen and oxygen atoms in total. The van der Waals surface area contributed by atoms with Crippen LogP contribution in [0.3, 0.4) is 0 Å². The lowest BCUT2D eigenvalue weighted by Crippen LogP contribution is -1.80. The summed E-state index contributed by atoms with van der Waals surface area (Å²) in [6.45, 7) is 0. The second-order valence-corrected chi connectivity index (χ2v) is 1.34. The summed E-state index contributed by atoms with van der Waals surface area (Å²) in [6.07, 6.45) is 1.33. The van der Waals surface area contributed by atoms with Gasteiger partial charge in [0.1, 0.15) is 0 Å². The number of pyridine rings is 1. The molecule has 0 bridgehead atoms. The molecule has 0 aliphatic rings. The first-order valence-electron chi connectivity index (χ1n) is 2.77. The first-order chi connectivity index (χ1) is 4.33. The maximum absolute atomic E-state index is 7.02. The monoisotopic (exact) mass is 108 g/mol. The standard InChI is InChI=1S/C6H6N2/c7-5-6-3-1-2-4-8-6/h1-5,7H/i4T. The molecule has 2 heteroatoms. The minimum absolute atomic E-state index is 0.205. The number of hydrogen-bond acceptors (Lipinski definition) is 2. The molecule has 0 aliphatic heterocycles. The molecular weight excluding hydrogens is 100 g/mol. The molecule has 0 atom stereocenters. The molecule has 0 amide bonds. The number of nitrogens with zero attached hydrogens (tertiary/aromatic N) is 1. The summed E-state index contributed by atoms with van der Waals surface area (Å²) < 4.78 is 7.02. The van der Waals surface area contributed by atoms with E-state index in [4.69, 9.17) is 6.78 Å². The average Bonchev–Trinajstić information content (AvgIpc) is 1.88. The van der Waals surface area contributed by atoms with Crippen LogP contribution in [0, 0.1) is 5.41 Å². The molecule has 0 radical (unpaired) electrons. The zero-order valence-electron chi connectivity index (χ0n) is 5.26. The van der Waals surface area contributed by atoms with Crippen molar-refractivity contribution in [2.75, 3.05) is 0 Å². The molecule has 0 saturated heterocycles. The van der Waals surface area contributed by atoms with Crippen LogP contribution in [0.2, 0.25) is 0 Å². The molecule has 1 rings (SSSR count). The SMILES string of the molecule is [3H]c1cccc(C=N)n1. The zero-order valence-corrected chi connectivity index (χ0v) is 4.26. The molecule has 0 aliphatic carbocycles. The predicted octanol–water partition coefficient (Wildman–Crippen LogP) is 1.08.